The lowest BCUT2D eigenvalue weighted by Crippen LogP contribution is -2.19. The number of hydrogen-bond acceptors (Lipinski definition) is 6. The Hall–Kier alpha value is -3.36. The first-order valence-corrected chi connectivity index (χ1v) is 13.7. The Bertz CT molecular complexity index is 1320. The molecule has 1 unspecified atom stereocenters. The fourth-order valence-corrected chi connectivity index (χ4v) is 5.61. The summed E-state index contributed by atoms with van der Waals surface area (Å²) in [5.41, 5.74) is 2.43. The molecular formula is C28H29N3O3S2. The van der Waals surface area contributed by atoms with E-state index in [4.69, 9.17) is 4.74 Å². The number of unbranched alkanes of at least 4 members (excludes halogenated alkanes) is 1. The van der Waals surface area contributed by atoms with Crippen LogP contribution in [0.15, 0.2) is 77.7 Å². The molecule has 186 valence electrons. The standard InChI is InChI=1S/C28H29N3O3S2/c1-3-5-14-25(32)29-20-12-9-13-22(17-20)35-26(19-10-7-6-8-11-19)27(33)31-28-30-23-16-15-21(34-4-2)18-24(23)36-28/h6-13,15-18,26H,3-5,14H2,1-2H3,(H,29,32)(H,30,31,33). The van der Waals surface area contributed by atoms with Crippen LogP contribution in [0.1, 0.15) is 43.9 Å². The van der Waals surface area contributed by atoms with Crippen LogP contribution in [0.5, 0.6) is 5.75 Å². The number of carbonyl (C=O) groups is 2. The van der Waals surface area contributed by atoms with Gasteiger partial charge in [-0.05, 0) is 55.3 Å². The molecule has 2 amide bonds. The number of amides is 2. The van der Waals surface area contributed by atoms with Crippen LogP contribution in [0.2, 0.25) is 0 Å². The van der Waals surface area contributed by atoms with Gasteiger partial charge in [-0.2, -0.15) is 0 Å². The van der Waals surface area contributed by atoms with Crippen molar-refractivity contribution in [3.8, 4) is 5.75 Å². The number of anilines is 2. The van der Waals surface area contributed by atoms with Crippen molar-refractivity contribution in [3.63, 3.8) is 0 Å². The summed E-state index contributed by atoms with van der Waals surface area (Å²) in [6.07, 6.45) is 2.33. The van der Waals surface area contributed by atoms with Crippen LogP contribution in [-0.4, -0.2) is 23.4 Å². The van der Waals surface area contributed by atoms with Gasteiger partial charge in [0.05, 0.1) is 16.8 Å². The number of fused-ring (bicyclic) bond motifs is 1. The SMILES string of the molecule is CCCCC(=O)Nc1cccc(SC(C(=O)Nc2nc3ccc(OCC)cc3s2)c2ccccc2)c1. The average molecular weight is 520 g/mol. The second-order valence-electron chi connectivity index (χ2n) is 8.16. The van der Waals surface area contributed by atoms with E-state index in [1.807, 2.05) is 79.7 Å². The Labute approximate surface area is 219 Å². The summed E-state index contributed by atoms with van der Waals surface area (Å²) >= 11 is 2.86. The maximum Gasteiger partial charge on any atom is 0.244 e. The lowest BCUT2D eigenvalue weighted by atomic mass is 10.1. The largest absolute Gasteiger partial charge is 0.494 e. The summed E-state index contributed by atoms with van der Waals surface area (Å²) < 4.78 is 6.53. The number of nitrogens with one attached hydrogen (secondary N) is 2. The Balaban J connectivity index is 1.53. The fourth-order valence-electron chi connectivity index (χ4n) is 3.63. The van der Waals surface area contributed by atoms with Crippen molar-refractivity contribution in [2.75, 3.05) is 17.2 Å². The van der Waals surface area contributed by atoms with Crippen molar-refractivity contribution >= 4 is 55.9 Å². The van der Waals surface area contributed by atoms with Crippen molar-refractivity contribution in [2.24, 2.45) is 0 Å². The van der Waals surface area contributed by atoms with E-state index in [0.29, 0.717) is 18.2 Å². The molecule has 0 radical (unpaired) electrons. The first-order chi connectivity index (χ1) is 17.6. The van der Waals surface area contributed by atoms with E-state index in [1.165, 1.54) is 23.1 Å². The molecule has 1 atom stereocenters. The number of ether oxygens (including phenoxy) is 1. The summed E-state index contributed by atoms with van der Waals surface area (Å²) in [7, 11) is 0. The zero-order chi connectivity index (χ0) is 25.3. The van der Waals surface area contributed by atoms with Crippen molar-refractivity contribution in [1.29, 1.82) is 0 Å². The summed E-state index contributed by atoms with van der Waals surface area (Å²) in [6.45, 7) is 4.60. The number of thioether (sulfide) groups is 1. The van der Waals surface area contributed by atoms with Crippen molar-refractivity contribution < 1.29 is 14.3 Å². The first kappa shape index (κ1) is 25.7. The molecule has 0 bridgehead atoms. The summed E-state index contributed by atoms with van der Waals surface area (Å²) in [6, 6.07) is 23.0. The quantitative estimate of drug-likeness (QED) is 0.203. The van der Waals surface area contributed by atoms with E-state index < -0.39 is 5.25 Å². The van der Waals surface area contributed by atoms with E-state index in [-0.39, 0.29) is 11.8 Å². The van der Waals surface area contributed by atoms with Gasteiger partial charge in [-0.15, -0.1) is 11.8 Å². The van der Waals surface area contributed by atoms with Crippen LogP contribution in [0.4, 0.5) is 10.8 Å². The van der Waals surface area contributed by atoms with Crippen LogP contribution < -0.4 is 15.4 Å². The molecule has 0 saturated heterocycles. The minimum absolute atomic E-state index is 0.000294. The van der Waals surface area contributed by atoms with Gasteiger partial charge in [0.25, 0.3) is 0 Å². The number of hydrogen-bond donors (Lipinski definition) is 2. The molecule has 6 nitrogen and oxygen atoms in total. The van der Waals surface area contributed by atoms with Crippen LogP contribution in [0.3, 0.4) is 0 Å². The van der Waals surface area contributed by atoms with E-state index in [9.17, 15) is 9.59 Å². The predicted octanol–water partition coefficient (Wildman–Crippen LogP) is 7.30. The number of carbonyl (C=O) groups excluding carboxylic acids is 2. The van der Waals surface area contributed by atoms with E-state index in [1.54, 1.807) is 0 Å². The molecule has 0 aliphatic carbocycles. The van der Waals surface area contributed by atoms with Gasteiger partial charge in [-0.25, -0.2) is 4.98 Å². The Kier molecular flexibility index (Phi) is 8.97. The Morgan fingerprint density at radius 2 is 1.83 bits per heavy atom. The summed E-state index contributed by atoms with van der Waals surface area (Å²) in [5, 5.41) is 6.01. The fraction of sp³-hybridized carbons (Fsp3) is 0.250. The number of nitrogens with zero attached hydrogens (tertiary/aromatic N) is 1. The third kappa shape index (κ3) is 6.86. The molecule has 4 aromatic rings. The molecule has 3 aromatic carbocycles. The summed E-state index contributed by atoms with van der Waals surface area (Å²) in [4.78, 5) is 31.1. The van der Waals surface area contributed by atoms with Gasteiger partial charge in [0, 0.05) is 17.0 Å². The van der Waals surface area contributed by atoms with Gasteiger partial charge in [0.2, 0.25) is 11.8 Å². The maximum absolute atomic E-state index is 13.5. The number of aromatic nitrogens is 1. The monoisotopic (exact) mass is 519 g/mol. The van der Waals surface area contributed by atoms with E-state index >= 15 is 0 Å². The number of thiazole rings is 1. The van der Waals surface area contributed by atoms with Gasteiger partial charge >= 0.3 is 0 Å². The van der Waals surface area contributed by atoms with Crippen LogP contribution in [0, 0.1) is 0 Å². The molecule has 2 N–H and O–H groups in total. The average Bonchev–Trinajstić information content (AvgIpc) is 3.28. The molecule has 8 heteroatoms. The number of benzene rings is 3. The van der Waals surface area contributed by atoms with Gasteiger partial charge in [-0.3, -0.25) is 9.59 Å². The molecule has 0 saturated carbocycles. The third-order valence-corrected chi connectivity index (χ3v) is 7.55. The Morgan fingerprint density at radius 3 is 2.61 bits per heavy atom. The first-order valence-electron chi connectivity index (χ1n) is 12.0. The smallest absolute Gasteiger partial charge is 0.244 e. The lowest BCUT2D eigenvalue weighted by Gasteiger charge is -2.17. The molecule has 0 aliphatic heterocycles. The van der Waals surface area contributed by atoms with Gasteiger partial charge < -0.3 is 15.4 Å². The van der Waals surface area contributed by atoms with Crippen molar-refractivity contribution in [2.45, 2.75) is 43.3 Å². The molecule has 0 fully saturated rings. The molecule has 1 heterocycles. The van der Waals surface area contributed by atoms with Gasteiger partial charge in [0.1, 0.15) is 11.0 Å². The van der Waals surface area contributed by atoms with E-state index in [2.05, 4.69) is 22.5 Å². The second kappa shape index (κ2) is 12.6. The van der Waals surface area contributed by atoms with Crippen molar-refractivity contribution in [1.82, 2.24) is 4.98 Å². The highest BCUT2D eigenvalue weighted by Crippen LogP contribution is 2.38. The predicted molar refractivity (Wildman–Crippen MR) is 149 cm³/mol. The molecule has 0 spiro atoms. The minimum Gasteiger partial charge on any atom is -0.494 e. The van der Waals surface area contributed by atoms with Gasteiger partial charge in [0.15, 0.2) is 5.13 Å². The van der Waals surface area contributed by atoms with Crippen LogP contribution in [-0.2, 0) is 9.59 Å². The zero-order valence-corrected chi connectivity index (χ0v) is 22.0. The highest BCUT2D eigenvalue weighted by molar-refractivity contribution is 8.00. The zero-order valence-electron chi connectivity index (χ0n) is 20.3. The van der Waals surface area contributed by atoms with Crippen LogP contribution >= 0.6 is 23.1 Å². The van der Waals surface area contributed by atoms with Crippen LogP contribution in [0.25, 0.3) is 10.2 Å². The molecule has 1 aromatic heterocycles. The molecular weight excluding hydrogens is 490 g/mol. The summed E-state index contributed by atoms with van der Waals surface area (Å²) in [5.74, 6) is 0.623. The third-order valence-electron chi connectivity index (χ3n) is 5.37. The molecule has 36 heavy (non-hydrogen) atoms. The highest BCUT2D eigenvalue weighted by Gasteiger charge is 2.23. The molecule has 0 aliphatic rings. The topological polar surface area (TPSA) is 80.3 Å². The highest BCUT2D eigenvalue weighted by atomic mass is 32.2. The lowest BCUT2D eigenvalue weighted by molar-refractivity contribution is -0.116. The van der Waals surface area contributed by atoms with Gasteiger partial charge in [-0.1, -0.05) is 61.1 Å². The van der Waals surface area contributed by atoms with E-state index in [0.717, 1.165) is 45.0 Å². The number of rotatable bonds is 11. The maximum atomic E-state index is 13.5. The minimum atomic E-state index is -0.497. The normalized spacial score (nSPS) is 11.7. The van der Waals surface area contributed by atoms with Crippen molar-refractivity contribution in [3.05, 3.63) is 78.4 Å². The second-order valence-corrected chi connectivity index (χ2v) is 10.4. The molecule has 4 rings (SSSR count). The Morgan fingerprint density at radius 1 is 1.00 bits per heavy atom.